The van der Waals surface area contributed by atoms with Crippen molar-refractivity contribution in [2.75, 3.05) is 39.3 Å². The molecule has 0 bridgehead atoms. The standard InChI is InChI=1S/C32H37N5O4/c33-29(38)22-35-18-10-17-34(19-26-11-4-1-5-12-26)23-30(39)36(20-27-13-6-2-7-14-27)25-32(41)37(24-31(35)40)21-28-15-8-3-9-16-28/h1-9,11-16H,10,17-25H2,(H2,33,38). The largest absolute Gasteiger partial charge is 0.368 e. The van der Waals surface area contributed by atoms with Crippen molar-refractivity contribution in [3.63, 3.8) is 0 Å². The fourth-order valence-corrected chi connectivity index (χ4v) is 4.91. The summed E-state index contributed by atoms with van der Waals surface area (Å²) >= 11 is 0. The summed E-state index contributed by atoms with van der Waals surface area (Å²) in [4.78, 5) is 59.3. The Labute approximate surface area is 241 Å². The summed E-state index contributed by atoms with van der Waals surface area (Å²) in [5.41, 5.74) is 8.29. The number of carbonyl (C=O) groups is 4. The lowest BCUT2D eigenvalue weighted by atomic mass is 10.2. The predicted molar refractivity (Wildman–Crippen MR) is 156 cm³/mol. The van der Waals surface area contributed by atoms with E-state index < -0.39 is 5.91 Å². The first-order chi connectivity index (χ1) is 19.9. The second-order valence-corrected chi connectivity index (χ2v) is 10.3. The van der Waals surface area contributed by atoms with Gasteiger partial charge in [0.1, 0.15) is 13.1 Å². The van der Waals surface area contributed by atoms with Crippen LogP contribution in [0.5, 0.6) is 0 Å². The van der Waals surface area contributed by atoms with Crippen LogP contribution >= 0.6 is 0 Å². The minimum Gasteiger partial charge on any atom is -0.368 e. The molecule has 1 saturated heterocycles. The Morgan fingerprint density at radius 1 is 0.561 bits per heavy atom. The summed E-state index contributed by atoms with van der Waals surface area (Å²) in [6.07, 6.45) is 0.532. The Hall–Kier alpha value is -4.50. The van der Waals surface area contributed by atoms with E-state index in [1.54, 1.807) is 4.90 Å². The van der Waals surface area contributed by atoms with E-state index in [-0.39, 0.29) is 63.5 Å². The molecular formula is C32H37N5O4. The molecule has 0 spiro atoms. The topological polar surface area (TPSA) is 107 Å². The maximum Gasteiger partial charge on any atom is 0.242 e. The van der Waals surface area contributed by atoms with Crippen molar-refractivity contribution < 1.29 is 19.2 Å². The van der Waals surface area contributed by atoms with Crippen molar-refractivity contribution in [3.8, 4) is 0 Å². The Morgan fingerprint density at radius 2 is 0.976 bits per heavy atom. The molecule has 0 radical (unpaired) electrons. The van der Waals surface area contributed by atoms with E-state index in [4.69, 9.17) is 5.73 Å². The zero-order chi connectivity index (χ0) is 29.0. The van der Waals surface area contributed by atoms with Crippen LogP contribution in [0.3, 0.4) is 0 Å². The minimum atomic E-state index is -0.617. The van der Waals surface area contributed by atoms with Crippen LogP contribution in [0.15, 0.2) is 91.0 Å². The average molecular weight is 556 g/mol. The van der Waals surface area contributed by atoms with Gasteiger partial charge in [0, 0.05) is 32.7 Å². The number of amides is 4. The van der Waals surface area contributed by atoms with Gasteiger partial charge in [-0.05, 0) is 23.1 Å². The van der Waals surface area contributed by atoms with Gasteiger partial charge in [0.25, 0.3) is 0 Å². The lowest BCUT2D eigenvalue weighted by Gasteiger charge is -2.30. The smallest absolute Gasteiger partial charge is 0.242 e. The van der Waals surface area contributed by atoms with Crippen molar-refractivity contribution in [2.45, 2.75) is 26.1 Å². The normalized spacial score (nSPS) is 16.2. The Balaban J connectivity index is 1.64. The van der Waals surface area contributed by atoms with Crippen molar-refractivity contribution in [2.24, 2.45) is 5.73 Å². The number of nitrogens with zero attached hydrogens (tertiary/aromatic N) is 4. The number of benzene rings is 3. The lowest BCUT2D eigenvalue weighted by molar-refractivity contribution is -0.145. The number of rotatable bonds is 8. The SMILES string of the molecule is NC(=O)CN1CCCN(Cc2ccccc2)CC(=O)N(Cc2ccccc2)CC(=O)N(Cc2ccccc2)CC1=O. The van der Waals surface area contributed by atoms with E-state index in [1.165, 1.54) is 9.80 Å². The van der Waals surface area contributed by atoms with Crippen LogP contribution in [0.25, 0.3) is 0 Å². The maximum atomic E-state index is 13.8. The lowest BCUT2D eigenvalue weighted by Crippen LogP contribution is -2.48. The molecule has 0 aliphatic carbocycles. The van der Waals surface area contributed by atoms with Crippen LogP contribution in [0.2, 0.25) is 0 Å². The molecule has 0 saturated carbocycles. The summed E-state index contributed by atoms with van der Waals surface area (Å²) in [5.74, 6) is -1.49. The number of primary amides is 1. The molecular weight excluding hydrogens is 518 g/mol. The number of hydrogen-bond acceptors (Lipinski definition) is 5. The molecule has 0 unspecified atom stereocenters. The summed E-state index contributed by atoms with van der Waals surface area (Å²) in [7, 11) is 0. The first-order valence-electron chi connectivity index (χ1n) is 13.8. The fourth-order valence-electron chi connectivity index (χ4n) is 4.91. The van der Waals surface area contributed by atoms with Crippen molar-refractivity contribution in [1.29, 1.82) is 0 Å². The van der Waals surface area contributed by atoms with Crippen LogP contribution in [-0.2, 0) is 38.8 Å². The van der Waals surface area contributed by atoms with E-state index in [0.29, 0.717) is 19.5 Å². The van der Waals surface area contributed by atoms with E-state index in [2.05, 4.69) is 0 Å². The van der Waals surface area contributed by atoms with E-state index in [0.717, 1.165) is 16.7 Å². The summed E-state index contributed by atoms with van der Waals surface area (Å²) < 4.78 is 0. The second-order valence-electron chi connectivity index (χ2n) is 10.3. The van der Waals surface area contributed by atoms with E-state index >= 15 is 0 Å². The third-order valence-corrected chi connectivity index (χ3v) is 7.00. The zero-order valence-electron chi connectivity index (χ0n) is 23.2. The molecule has 1 heterocycles. The maximum absolute atomic E-state index is 13.8. The highest BCUT2D eigenvalue weighted by Crippen LogP contribution is 2.13. The van der Waals surface area contributed by atoms with Crippen molar-refractivity contribution in [1.82, 2.24) is 19.6 Å². The van der Waals surface area contributed by atoms with Gasteiger partial charge in [-0.2, -0.15) is 0 Å². The first kappa shape index (κ1) is 29.5. The van der Waals surface area contributed by atoms with Gasteiger partial charge in [0.15, 0.2) is 0 Å². The third kappa shape index (κ3) is 9.29. The number of carbonyl (C=O) groups excluding carboxylic acids is 4. The van der Waals surface area contributed by atoms with Gasteiger partial charge >= 0.3 is 0 Å². The monoisotopic (exact) mass is 555 g/mol. The highest BCUT2D eigenvalue weighted by atomic mass is 16.2. The van der Waals surface area contributed by atoms with Crippen LogP contribution in [0.1, 0.15) is 23.1 Å². The van der Waals surface area contributed by atoms with Gasteiger partial charge < -0.3 is 20.4 Å². The molecule has 2 N–H and O–H groups in total. The molecule has 1 fully saturated rings. The number of nitrogens with two attached hydrogens (primary N) is 1. The van der Waals surface area contributed by atoms with Gasteiger partial charge in [-0.3, -0.25) is 24.1 Å². The van der Waals surface area contributed by atoms with Crippen LogP contribution in [-0.4, -0.2) is 82.5 Å². The first-order valence-corrected chi connectivity index (χ1v) is 13.8. The Morgan fingerprint density at radius 3 is 1.44 bits per heavy atom. The van der Waals surface area contributed by atoms with E-state index in [9.17, 15) is 19.2 Å². The molecule has 1 aliphatic rings. The molecule has 0 atom stereocenters. The van der Waals surface area contributed by atoms with Gasteiger partial charge in [-0.15, -0.1) is 0 Å². The molecule has 3 aromatic rings. The molecule has 1 aliphatic heterocycles. The van der Waals surface area contributed by atoms with Crippen LogP contribution < -0.4 is 5.73 Å². The summed E-state index contributed by atoms with van der Waals surface area (Å²) in [6, 6.07) is 28.8. The molecule has 3 aromatic carbocycles. The molecule has 9 heteroatoms. The zero-order valence-corrected chi connectivity index (χ0v) is 23.2. The minimum absolute atomic E-state index is 0.109. The van der Waals surface area contributed by atoms with Gasteiger partial charge in [-0.25, -0.2) is 0 Å². The molecule has 41 heavy (non-hydrogen) atoms. The van der Waals surface area contributed by atoms with Gasteiger partial charge in [-0.1, -0.05) is 91.0 Å². The van der Waals surface area contributed by atoms with Gasteiger partial charge in [0.2, 0.25) is 23.6 Å². The molecule has 214 valence electrons. The highest BCUT2D eigenvalue weighted by molar-refractivity contribution is 5.90. The summed E-state index contributed by atoms with van der Waals surface area (Å²) in [6.45, 7) is 1.27. The number of hydrogen-bond donors (Lipinski definition) is 1. The van der Waals surface area contributed by atoms with Crippen molar-refractivity contribution in [3.05, 3.63) is 108 Å². The second kappa shape index (κ2) is 14.8. The van der Waals surface area contributed by atoms with E-state index in [1.807, 2.05) is 95.9 Å². The quantitative estimate of drug-likeness (QED) is 0.459. The predicted octanol–water partition coefficient (Wildman–Crippen LogP) is 2.26. The molecule has 4 rings (SSSR count). The Bertz CT molecular complexity index is 1300. The summed E-state index contributed by atoms with van der Waals surface area (Å²) in [5, 5.41) is 0. The third-order valence-electron chi connectivity index (χ3n) is 7.00. The Kier molecular flexibility index (Phi) is 10.6. The highest BCUT2D eigenvalue weighted by Gasteiger charge is 2.28. The molecule has 4 amide bonds. The van der Waals surface area contributed by atoms with Crippen LogP contribution in [0.4, 0.5) is 0 Å². The fraction of sp³-hybridized carbons (Fsp3) is 0.312. The van der Waals surface area contributed by atoms with Crippen molar-refractivity contribution >= 4 is 23.6 Å². The molecule has 9 nitrogen and oxygen atoms in total. The van der Waals surface area contributed by atoms with Gasteiger partial charge in [0.05, 0.1) is 13.1 Å². The molecule has 0 aromatic heterocycles. The average Bonchev–Trinajstić information content (AvgIpc) is 2.97. The van der Waals surface area contributed by atoms with Crippen LogP contribution in [0, 0.1) is 0 Å².